The summed E-state index contributed by atoms with van der Waals surface area (Å²) >= 11 is 1.48. The van der Waals surface area contributed by atoms with Crippen LogP contribution in [0.1, 0.15) is 37.7 Å². The van der Waals surface area contributed by atoms with Gasteiger partial charge in [-0.15, -0.1) is 11.3 Å². The van der Waals surface area contributed by atoms with Crippen molar-refractivity contribution in [2.24, 2.45) is 0 Å². The SMILES string of the molecule is CCNCCCS(=O)(=O)NC(CC)c1nccs1. The normalized spacial score (nSPS) is 13.7. The predicted molar refractivity (Wildman–Crippen MR) is 75.2 cm³/mol. The summed E-state index contributed by atoms with van der Waals surface area (Å²) in [5.74, 6) is 0.155. The van der Waals surface area contributed by atoms with E-state index in [0.717, 1.165) is 18.1 Å². The van der Waals surface area contributed by atoms with E-state index in [4.69, 9.17) is 0 Å². The fourth-order valence-electron chi connectivity index (χ4n) is 1.55. The standard InChI is InChI=1S/C11H21N3O2S2/c1-3-10(11-13-7-8-17-11)14-18(15,16)9-5-6-12-4-2/h7-8,10,12,14H,3-6,9H2,1-2H3. The Bertz CT molecular complexity index is 418. The summed E-state index contributed by atoms with van der Waals surface area (Å²) in [6.45, 7) is 5.55. The average Bonchev–Trinajstić information content (AvgIpc) is 2.85. The second kappa shape index (κ2) is 7.83. The van der Waals surface area contributed by atoms with Gasteiger partial charge in [-0.2, -0.15) is 0 Å². The number of hydrogen-bond acceptors (Lipinski definition) is 5. The molecule has 1 heterocycles. The van der Waals surface area contributed by atoms with E-state index in [1.54, 1.807) is 6.20 Å². The minimum Gasteiger partial charge on any atom is -0.317 e. The molecule has 1 aromatic heterocycles. The second-order valence-electron chi connectivity index (χ2n) is 3.98. The van der Waals surface area contributed by atoms with Gasteiger partial charge >= 0.3 is 0 Å². The zero-order chi connectivity index (χ0) is 13.4. The highest BCUT2D eigenvalue weighted by molar-refractivity contribution is 7.89. The topological polar surface area (TPSA) is 71.1 Å². The Balaban J connectivity index is 2.48. The van der Waals surface area contributed by atoms with Crippen molar-refractivity contribution >= 4 is 21.4 Å². The summed E-state index contributed by atoms with van der Waals surface area (Å²) in [6.07, 6.45) is 3.03. The highest BCUT2D eigenvalue weighted by Gasteiger charge is 2.19. The molecule has 0 aromatic carbocycles. The molecule has 1 aromatic rings. The van der Waals surface area contributed by atoms with Gasteiger partial charge in [0.05, 0.1) is 11.8 Å². The number of aromatic nitrogens is 1. The monoisotopic (exact) mass is 291 g/mol. The molecule has 18 heavy (non-hydrogen) atoms. The van der Waals surface area contributed by atoms with Crippen LogP contribution >= 0.6 is 11.3 Å². The molecule has 0 fully saturated rings. The molecule has 7 heteroatoms. The van der Waals surface area contributed by atoms with Crippen LogP contribution in [0.3, 0.4) is 0 Å². The molecule has 2 N–H and O–H groups in total. The Morgan fingerprint density at radius 2 is 2.22 bits per heavy atom. The van der Waals surface area contributed by atoms with Crippen LogP contribution < -0.4 is 10.0 Å². The maximum Gasteiger partial charge on any atom is 0.212 e. The third-order valence-electron chi connectivity index (χ3n) is 2.50. The first kappa shape index (κ1) is 15.6. The lowest BCUT2D eigenvalue weighted by atomic mass is 10.3. The average molecular weight is 291 g/mol. The first-order chi connectivity index (χ1) is 8.59. The molecule has 1 atom stereocenters. The van der Waals surface area contributed by atoms with Gasteiger partial charge in [0.1, 0.15) is 5.01 Å². The van der Waals surface area contributed by atoms with Gasteiger partial charge in [0, 0.05) is 11.6 Å². The van der Waals surface area contributed by atoms with Gasteiger partial charge in [-0.05, 0) is 25.9 Å². The van der Waals surface area contributed by atoms with Crippen LogP contribution in [0.5, 0.6) is 0 Å². The molecule has 104 valence electrons. The van der Waals surface area contributed by atoms with E-state index in [0.29, 0.717) is 12.8 Å². The van der Waals surface area contributed by atoms with E-state index < -0.39 is 10.0 Å². The summed E-state index contributed by atoms with van der Waals surface area (Å²) in [6, 6.07) is -0.200. The van der Waals surface area contributed by atoms with Crippen molar-refractivity contribution in [1.29, 1.82) is 0 Å². The van der Waals surface area contributed by atoms with Crippen LogP contribution in [0.15, 0.2) is 11.6 Å². The number of nitrogens with zero attached hydrogens (tertiary/aromatic N) is 1. The Morgan fingerprint density at radius 3 is 2.78 bits per heavy atom. The lowest BCUT2D eigenvalue weighted by Crippen LogP contribution is -2.31. The molecule has 0 spiro atoms. The zero-order valence-corrected chi connectivity index (χ0v) is 12.5. The minimum absolute atomic E-state index is 0.155. The van der Waals surface area contributed by atoms with E-state index in [2.05, 4.69) is 15.0 Å². The Labute approximate surface area is 113 Å². The third kappa shape index (κ3) is 5.43. The van der Waals surface area contributed by atoms with E-state index in [9.17, 15) is 8.42 Å². The minimum atomic E-state index is -3.22. The molecule has 0 saturated carbocycles. The van der Waals surface area contributed by atoms with Crippen molar-refractivity contribution in [3.05, 3.63) is 16.6 Å². The molecule has 0 amide bonds. The molecular weight excluding hydrogens is 270 g/mol. The molecule has 5 nitrogen and oxygen atoms in total. The van der Waals surface area contributed by atoms with Crippen molar-refractivity contribution in [2.75, 3.05) is 18.8 Å². The molecule has 0 aliphatic heterocycles. The van der Waals surface area contributed by atoms with Gasteiger partial charge in [-0.1, -0.05) is 13.8 Å². The van der Waals surface area contributed by atoms with Crippen molar-refractivity contribution in [1.82, 2.24) is 15.0 Å². The summed E-state index contributed by atoms with van der Waals surface area (Å²) in [5.41, 5.74) is 0. The van der Waals surface area contributed by atoms with E-state index in [-0.39, 0.29) is 11.8 Å². The second-order valence-corrected chi connectivity index (χ2v) is 6.77. The summed E-state index contributed by atoms with van der Waals surface area (Å²) in [5, 5.41) is 5.80. The molecule has 0 aliphatic rings. The van der Waals surface area contributed by atoms with Gasteiger partial charge < -0.3 is 5.32 Å². The van der Waals surface area contributed by atoms with E-state index in [1.165, 1.54) is 11.3 Å². The number of nitrogens with one attached hydrogen (secondary N) is 2. The van der Waals surface area contributed by atoms with Gasteiger partial charge in [0.15, 0.2) is 0 Å². The van der Waals surface area contributed by atoms with E-state index >= 15 is 0 Å². The number of rotatable bonds is 9. The van der Waals surface area contributed by atoms with Crippen molar-refractivity contribution in [3.8, 4) is 0 Å². The molecular formula is C11H21N3O2S2. The maximum atomic E-state index is 11.9. The number of sulfonamides is 1. The van der Waals surface area contributed by atoms with Crippen LogP contribution in [0.25, 0.3) is 0 Å². The van der Waals surface area contributed by atoms with Crippen molar-refractivity contribution in [2.45, 2.75) is 32.7 Å². The van der Waals surface area contributed by atoms with Gasteiger partial charge in [-0.25, -0.2) is 18.1 Å². The fourth-order valence-corrected chi connectivity index (χ4v) is 3.76. The Morgan fingerprint density at radius 1 is 1.44 bits per heavy atom. The van der Waals surface area contributed by atoms with Crippen LogP contribution in [0, 0.1) is 0 Å². The highest BCUT2D eigenvalue weighted by atomic mass is 32.2. The predicted octanol–water partition coefficient (Wildman–Crippen LogP) is 1.51. The molecule has 0 saturated heterocycles. The highest BCUT2D eigenvalue weighted by Crippen LogP contribution is 2.19. The van der Waals surface area contributed by atoms with Crippen LogP contribution in [-0.2, 0) is 10.0 Å². The fraction of sp³-hybridized carbons (Fsp3) is 0.727. The van der Waals surface area contributed by atoms with Crippen molar-refractivity contribution in [3.63, 3.8) is 0 Å². The first-order valence-electron chi connectivity index (χ1n) is 6.19. The Hall–Kier alpha value is -0.500. The van der Waals surface area contributed by atoms with Gasteiger partial charge in [0.2, 0.25) is 10.0 Å². The maximum absolute atomic E-state index is 11.9. The summed E-state index contributed by atoms with van der Waals surface area (Å²) < 4.78 is 26.5. The van der Waals surface area contributed by atoms with Gasteiger partial charge in [0.25, 0.3) is 0 Å². The van der Waals surface area contributed by atoms with Gasteiger partial charge in [-0.3, -0.25) is 0 Å². The lowest BCUT2D eigenvalue weighted by molar-refractivity contribution is 0.545. The molecule has 0 aliphatic carbocycles. The molecule has 0 bridgehead atoms. The van der Waals surface area contributed by atoms with Crippen molar-refractivity contribution < 1.29 is 8.42 Å². The number of thiazole rings is 1. The first-order valence-corrected chi connectivity index (χ1v) is 8.72. The number of hydrogen-bond donors (Lipinski definition) is 2. The van der Waals surface area contributed by atoms with Crippen LogP contribution in [0.4, 0.5) is 0 Å². The zero-order valence-electron chi connectivity index (χ0n) is 10.8. The molecule has 1 unspecified atom stereocenters. The Kier molecular flexibility index (Phi) is 6.77. The summed E-state index contributed by atoms with van der Waals surface area (Å²) in [4.78, 5) is 4.16. The quantitative estimate of drug-likeness (QED) is 0.677. The van der Waals surface area contributed by atoms with Crippen LogP contribution in [-0.4, -0.2) is 32.2 Å². The lowest BCUT2D eigenvalue weighted by Gasteiger charge is -2.14. The van der Waals surface area contributed by atoms with Crippen LogP contribution in [0.2, 0.25) is 0 Å². The third-order valence-corrected chi connectivity index (χ3v) is 4.86. The summed E-state index contributed by atoms with van der Waals surface area (Å²) in [7, 11) is -3.22. The molecule has 0 radical (unpaired) electrons. The largest absolute Gasteiger partial charge is 0.317 e. The van der Waals surface area contributed by atoms with E-state index in [1.807, 2.05) is 19.2 Å². The molecule has 1 rings (SSSR count). The smallest absolute Gasteiger partial charge is 0.212 e.